The van der Waals surface area contributed by atoms with Crippen LogP contribution in [0.2, 0.25) is 0 Å². The molecule has 0 spiro atoms. The minimum absolute atomic E-state index is 0.125. The second kappa shape index (κ2) is 27.3. The number of imide groups is 3. The van der Waals surface area contributed by atoms with E-state index in [0.29, 0.717) is 50.5 Å². The molecule has 0 aromatic heterocycles. The van der Waals surface area contributed by atoms with E-state index in [4.69, 9.17) is 14.2 Å². The van der Waals surface area contributed by atoms with Gasteiger partial charge in [-0.05, 0) is 151 Å². The van der Waals surface area contributed by atoms with Gasteiger partial charge in [0.2, 0.25) is 11.8 Å². The van der Waals surface area contributed by atoms with Crippen molar-refractivity contribution in [1.82, 2.24) is 14.7 Å². The Morgan fingerprint density at radius 1 is 0.464 bits per heavy atom. The molecular formula is C71H81N3O10. The third-order valence-electron chi connectivity index (χ3n) is 14.4. The van der Waals surface area contributed by atoms with Gasteiger partial charge in [0.25, 0.3) is 5.91 Å². The molecular weight excluding hydrogens is 1050 g/mol. The van der Waals surface area contributed by atoms with Gasteiger partial charge < -0.3 is 14.2 Å². The van der Waals surface area contributed by atoms with Gasteiger partial charge in [-0.2, -0.15) is 0 Å². The number of carbonyl (C=O) groups excluding carboxylic acids is 7. The van der Waals surface area contributed by atoms with Gasteiger partial charge in [-0.3, -0.25) is 19.2 Å². The van der Waals surface area contributed by atoms with Crippen LogP contribution in [0.1, 0.15) is 119 Å². The number of nitrogens with zero attached hydrogens (tertiary/aromatic N) is 3. The zero-order valence-electron chi connectivity index (χ0n) is 50.6. The number of rotatable bonds is 11. The van der Waals surface area contributed by atoms with Crippen LogP contribution in [0.25, 0.3) is 33.4 Å². The number of ether oxygens (including phenoxy) is 3. The van der Waals surface area contributed by atoms with Gasteiger partial charge in [-0.25, -0.2) is 29.1 Å². The minimum Gasteiger partial charge on any atom is -0.443 e. The highest BCUT2D eigenvalue weighted by Crippen LogP contribution is 2.34. The van der Waals surface area contributed by atoms with Gasteiger partial charge in [-0.15, -0.1) is 0 Å². The van der Waals surface area contributed by atoms with E-state index in [0.717, 1.165) is 44.5 Å². The second-order valence-electron chi connectivity index (χ2n) is 25.0. The smallest absolute Gasteiger partial charge is 0.417 e. The largest absolute Gasteiger partial charge is 0.443 e. The first-order chi connectivity index (χ1) is 39.6. The van der Waals surface area contributed by atoms with E-state index in [2.05, 4.69) is 79.4 Å². The number of Topliss-reactive ketones (excluding diaryl/α,β-unsaturated/α-hetero) is 1. The fourth-order valence-corrected chi connectivity index (χ4v) is 10.4. The molecule has 0 saturated carbocycles. The number of ketones is 1. The Labute approximate surface area is 496 Å². The molecule has 3 aliphatic heterocycles. The standard InChI is InChI=1S/C26H31NO4.C23H25NO3.C22H25NO3/c1-17(2)23(28)22-16-21(27(24(22)29)25(30)31-26(3,4)5)15-18-11-13-20(14-12-18)19-9-7-6-8-10-19;1-16-14-20(24(21(16)25)22(26)27-23(2,3)4)15-17-10-12-19(13-11-17)18-8-6-5-7-9-18;1-22(2,3)26-21(25)23-19(13-14-20(23)24)15-16-9-11-18(12-10-16)17-7-5-4-6-8-17/h6-14,17,21-22H,15-16H2,1-5H3;5-13,20H,1,14-15H2,2-4H3;4-12,19H,13-15H2,1-3H3/t21-,22?;20-;19-/m100/s1. The SMILES string of the molecule is C=C1C[C@@H](Cc2ccc(-c3ccccc3)cc2)N(C(=O)OC(C)(C)C)C1=O.CC(C)(C)OC(=O)N1C(=O)CC[C@H]1Cc1ccc(-c2ccccc2)cc1.CC(C)C(=O)C1C[C@@H](Cc2ccc(-c3ccccc3)cc2)N(C(=O)OC(C)(C)C)C1=O. The molecule has 0 radical (unpaired) electrons. The minimum atomic E-state index is -0.791. The van der Waals surface area contributed by atoms with E-state index >= 15 is 0 Å². The highest BCUT2D eigenvalue weighted by molar-refractivity contribution is 6.08. The Bertz CT molecular complexity index is 3270. The summed E-state index contributed by atoms with van der Waals surface area (Å²) in [6.45, 7) is 23.5. The maximum absolute atomic E-state index is 13.0. The third-order valence-corrected chi connectivity index (χ3v) is 14.4. The Balaban J connectivity index is 0.000000182. The molecule has 6 aromatic carbocycles. The van der Waals surface area contributed by atoms with Crippen molar-refractivity contribution in [2.24, 2.45) is 11.8 Å². The van der Waals surface area contributed by atoms with Gasteiger partial charge >= 0.3 is 18.3 Å². The van der Waals surface area contributed by atoms with Crippen molar-refractivity contribution < 1.29 is 47.8 Å². The first-order valence-electron chi connectivity index (χ1n) is 29.0. The number of hydrogen-bond donors (Lipinski definition) is 0. The molecule has 9 rings (SSSR count). The van der Waals surface area contributed by atoms with Crippen molar-refractivity contribution in [3.8, 4) is 33.4 Å². The highest BCUT2D eigenvalue weighted by Gasteiger charge is 2.48. The fraction of sp³-hybridized carbons (Fsp3) is 0.366. The summed E-state index contributed by atoms with van der Waals surface area (Å²) in [4.78, 5) is 91.6. The molecule has 3 fully saturated rings. The first kappa shape index (κ1) is 63.1. The van der Waals surface area contributed by atoms with Crippen molar-refractivity contribution >= 4 is 41.8 Å². The first-order valence-corrected chi connectivity index (χ1v) is 29.0. The number of amides is 6. The summed E-state index contributed by atoms with van der Waals surface area (Å²) in [6, 6.07) is 54.2. The predicted octanol–water partition coefficient (Wildman–Crippen LogP) is 15.1. The molecule has 13 nitrogen and oxygen atoms in total. The molecule has 1 unspecified atom stereocenters. The van der Waals surface area contributed by atoms with Crippen molar-refractivity contribution in [1.29, 1.82) is 0 Å². The molecule has 3 saturated heterocycles. The molecule has 440 valence electrons. The van der Waals surface area contributed by atoms with E-state index in [1.807, 2.05) is 112 Å². The fourth-order valence-electron chi connectivity index (χ4n) is 10.4. The second-order valence-corrected chi connectivity index (χ2v) is 25.0. The maximum Gasteiger partial charge on any atom is 0.417 e. The van der Waals surface area contributed by atoms with Gasteiger partial charge in [0.05, 0.1) is 12.0 Å². The topological polar surface area (TPSA) is 157 Å². The Kier molecular flexibility index (Phi) is 20.5. The van der Waals surface area contributed by atoms with Crippen molar-refractivity contribution in [2.45, 2.75) is 156 Å². The normalized spacial score (nSPS) is 18.0. The maximum atomic E-state index is 13.0. The van der Waals surface area contributed by atoms with Crippen LogP contribution in [-0.4, -0.2) is 91.4 Å². The van der Waals surface area contributed by atoms with Crippen molar-refractivity contribution in [2.75, 3.05) is 0 Å². The third kappa shape index (κ3) is 17.3. The zero-order chi connectivity index (χ0) is 61.1. The molecule has 4 atom stereocenters. The summed E-state index contributed by atoms with van der Waals surface area (Å²) in [6.07, 6.45) is 1.78. The summed E-state index contributed by atoms with van der Waals surface area (Å²) < 4.78 is 16.3. The summed E-state index contributed by atoms with van der Waals surface area (Å²) in [5, 5.41) is 0. The lowest BCUT2D eigenvalue weighted by Crippen LogP contribution is -2.44. The average Bonchev–Trinajstić information content (AvgIpc) is 3.16. The van der Waals surface area contributed by atoms with Gasteiger partial charge in [-0.1, -0.05) is 184 Å². The van der Waals surface area contributed by atoms with Gasteiger partial charge in [0.1, 0.15) is 22.6 Å². The van der Waals surface area contributed by atoms with Gasteiger partial charge in [0, 0.05) is 30.0 Å². The van der Waals surface area contributed by atoms with Crippen molar-refractivity contribution in [3.05, 3.63) is 193 Å². The van der Waals surface area contributed by atoms with E-state index in [-0.39, 0.29) is 35.6 Å². The van der Waals surface area contributed by atoms with Crippen LogP contribution in [0.5, 0.6) is 0 Å². The van der Waals surface area contributed by atoms with Crippen LogP contribution in [-0.2, 0) is 52.7 Å². The number of likely N-dealkylation sites (tertiary alicyclic amines) is 3. The monoisotopic (exact) mass is 1140 g/mol. The molecule has 0 N–H and O–H groups in total. The summed E-state index contributed by atoms with van der Waals surface area (Å²) in [5.41, 5.74) is 8.49. The van der Waals surface area contributed by atoms with Crippen LogP contribution in [0, 0.1) is 11.8 Å². The van der Waals surface area contributed by atoms with Crippen LogP contribution in [0.4, 0.5) is 14.4 Å². The summed E-state index contributed by atoms with van der Waals surface area (Å²) in [5.74, 6) is -2.11. The Hall–Kier alpha value is -8.45. The van der Waals surface area contributed by atoms with Crippen LogP contribution < -0.4 is 0 Å². The average molecular weight is 1140 g/mol. The van der Waals surface area contributed by atoms with E-state index in [9.17, 15) is 33.6 Å². The van der Waals surface area contributed by atoms with E-state index in [1.54, 1.807) is 55.4 Å². The zero-order valence-corrected chi connectivity index (χ0v) is 50.6. The molecule has 6 aromatic rings. The molecule has 13 heteroatoms. The summed E-state index contributed by atoms with van der Waals surface area (Å²) >= 11 is 0. The molecule has 0 aliphatic carbocycles. The van der Waals surface area contributed by atoms with E-state index in [1.165, 1.54) is 20.3 Å². The summed E-state index contributed by atoms with van der Waals surface area (Å²) in [7, 11) is 0. The van der Waals surface area contributed by atoms with Crippen molar-refractivity contribution in [3.63, 3.8) is 0 Å². The number of carbonyl (C=O) groups is 7. The Morgan fingerprint density at radius 2 is 0.798 bits per heavy atom. The quantitative estimate of drug-likeness (QED) is 0.0695. The lowest BCUT2D eigenvalue weighted by molar-refractivity contribution is -0.138. The molecule has 3 heterocycles. The molecule has 6 amide bonds. The van der Waals surface area contributed by atoms with Crippen LogP contribution in [0.15, 0.2) is 176 Å². The number of benzene rings is 6. The predicted molar refractivity (Wildman–Crippen MR) is 328 cm³/mol. The molecule has 3 aliphatic rings. The lowest BCUT2D eigenvalue weighted by atomic mass is 9.91. The number of hydrogen-bond acceptors (Lipinski definition) is 10. The molecule has 84 heavy (non-hydrogen) atoms. The lowest BCUT2D eigenvalue weighted by Gasteiger charge is -2.27. The van der Waals surface area contributed by atoms with Crippen LogP contribution >= 0.6 is 0 Å². The van der Waals surface area contributed by atoms with Gasteiger partial charge in [0.15, 0.2) is 0 Å². The Morgan fingerprint density at radius 3 is 1.17 bits per heavy atom. The molecule has 0 bridgehead atoms. The van der Waals surface area contributed by atoms with E-state index < -0.39 is 52.9 Å². The highest BCUT2D eigenvalue weighted by atomic mass is 16.6. The van der Waals surface area contributed by atoms with Crippen LogP contribution in [0.3, 0.4) is 0 Å².